The molecule has 7 heteroatoms. The predicted molar refractivity (Wildman–Crippen MR) is 74.2 cm³/mol. The molecule has 0 radical (unpaired) electrons. The van der Waals surface area contributed by atoms with Gasteiger partial charge in [0.2, 0.25) is 0 Å². The second-order valence-electron chi connectivity index (χ2n) is 4.21. The van der Waals surface area contributed by atoms with Gasteiger partial charge in [0.05, 0.1) is 4.92 Å². The van der Waals surface area contributed by atoms with Gasteiger partial charge in [0.1, 0.15) is 12.4 Å². The van der Waals surface area contributed by atoms with Crippen molar-refractivity contribution in [3.05, 3.63) is 57.8 Å². The molecule has 1 aromatic carbocycles. The number of aryl methyl sites for hydroxylation is 1. The number of hydrogen-bond acceptors (Lipinski definition) is 6. The molecule has 3 N–H and O–H groups in total. The lowest BCUT2D eigenvalue weighted by atomic mass is 10.2. The number of hydrogen-bond donors (Lipinski definition) is 2. The summed E-state index contributed by atoms with van der Waals surface area (Å²) < 4.78 is 5.50. The number of pyridine rings is 1. The zero-order valence-electron chi connectivity index (χ0n) is 10.9. The standard InChI is InChI=1S/C13H14N4O3/c1-9-2-3-12(11(6-9)17(18)19)20-8-10-4-5-15-13(7-10)16-14/h2-7H,8,14H2,1H3,(H,15,16). The van der Waals surface area contributed by atoms with Gasteiger partial charge in [0.15, 0.2) is 5.75 Å². The fourth-order valence-corrected chi connectivity index (χ4v) is 1.70. The van der Waals surface area contributed by atoms with Crippen LogP contribution in [0.2, 0.25) is 0 Å². The minimum Gasteiger partial charge on any atom is -0.482 e. The lowest BCUT2D eigenvalue weighted by Crippen LogP contribution is -2.09. The number of nitrogen functional groups attached to an aromatic ring is 1. The number of benzene rings is 1. The van der Waals surface area contributed by atoms with Gasteiger partial charge in [-0.1, -0.05) is 6.07 Å². The Morgan fingerprint density at radius 3 is 2.90 bits per heavy atom. The van der Waals surface area contributed by atoms with Crippen LogP contribution >= 0.6 is 0 Å². The lowest BCUT2D eigenvalue weighted by Gasteiger charge is -2.08. The summed E-state index contributed by atoms with van der Waals surface area (Å²) in [4.78, 5) is 14.5. The molecule has 0 spiro atoms. The van der Waals surface area contributed by atoms with Gasteiger partial charge in [-0.3, -0.25) is 10.1 Å². The second-order valence-corrected chi connectivity index (χ2v) is 4.21. The van der Waals surface area contributed by atoms with Crippen molar-refractivity contribution in [1.82, 2.24) is 4.98 Å². The van der Waals surface area contributed by atoms with E-state index in [1.54, 1.807) is 37.4 Å². The van der Waals surface area contributed by atoms with E-state index in [-0.39, 0.29) is 18.0 Å². The SMILES string of the molecule is Cc1ccc(OCc2ccnc(NN)c2)c([N+](=O)[O-])c1. The monoisotopic (exact) mass is 274 g/mol. The fourth-order valence-electron chi connectivity index (χ4n) is 1.70. The highest BCUT2D eigenvalue weighted by Gasteiger charge is 2.15. The van der Waals surface area contributed by atoms with Crippen molar-refractivity contribution >= 4 is 11.5 Å². The van der Waals surface area contributed by atoms with Gasteiger partial charge >= 0.3 is 5.69 Å². The van der Waals surface area contributed by atoms with E-state index >= 15 is 0 Å². The first-order valence-corrected chi connectivity index (χ1v) is 5.89. The van der Waals surface area contributed by atoms with Crippen molar-refractivity contribution in [3.63, 3.8) is 0 Å². The molecule has 1 aromatic heterocycles. The third-order valence-electron chi connectivity index (χ3n) is 2.68. The van der Waals surface area contributed by atoms with E-state index in [1.807, 2.05) is 0 Å². The first-order chi connectivity index (χ1) is 9.60. The van der Waals surface area contributed by atoms with Gasteiger partial charge in [-0.25, -0.2) is 10.8 Å². The van der Waals surface area contributed by atoms with Gasteiger partial charge in [-0.05, 0) is 36.2 Å². The molecular weight excluding hydrogens is 260 g/mol. The van der Waals surface area contributed by atoms with Crippen molar-refractivity contribution in [1.29, 1.82) is 0 Å². The van der Waals surface area contributed by atoms with Gasteiger partial charge in [-0.2, -0.15) is 0 Å². The van der Waals surface area contributed by atoms with Crippen LogP contribution in [0.15, 0.2) is 36.5 Å². The molecule has 0 aliphatic heterocycles. The third-order valence-corrected chi connectivity index (χ3v) is 2.68. The van der Waals surface area contributed by atoms with Crippen LogP contribution in [0.25, 0.3) is 0 Å². The van der Waals surface area contributed by atoms with E-state index in [4.69, 9.17) is 10.6 Å². The van der Waals surface area contributed by atoms with Crippen LogP contribution in [-0.4, -0.2) is 9.91 Å². The average Bonchev–Trinajstić information content (AvgIpc) is 2.46. The van der Waals surface area contributed by atoms with Crippen LogP contribution in [0.1, 0.15) is 11.1 Å². The smallest absolute Gasteiger partial charge is 0.311 e. The molecule has 20 heavy (non-hydrogen) atoms. The summed E-state index contributed by atoms with van der Waals surface area (Å²) in [6.45, 7) is 1.99. The normalized spacial score (nSPS) is 10.1. The maximum atomic E-state index is 11.0. The molecule has 0 saturated carbocycles. The van der Waals surface area contributed by atoms with Crippen LogP contribution < -0.4 is 16.0 Å². The minimum absolute atomic E-state index is 0.0452. The Labute approximate surface area is 115 Å². The highest BCUT2D eigenvalue weighted by molar-refractivity contribution is 5.48. The number of anilines is 1. The summed E-state index contributed by atoms with van der Waals surface area (Å²) in [6.07, 6.45) is 1.58. The lowest BCUT2D eigenvalue weighted by molar-refractivity contribution is -0.386. The number of nitrogens with zero attached hydrogens (tertiary/aromatic N) is 2. The zero-order valence-corrected chi connectivity index (χ0v) is 10.9. The first kappa shape index (κ1) is 13.8. The van der Waals surface area contributed by atoms with Crippen LogP contribution in [0.3, 0.4) is 0 Å². The second kappa shape index (κ2) is 5.98. The van der Waals surface area contributed by atoms with Crippen LogP contribution in [0.5, 0.6) is 5.75 Å². The Balaban J connectivity index is 2.16. The Morgan fingerprint density at radius 2 is 2.20 bits per heavy atom. The number of aromatic nitrogens is 1. The highest BCUT2D eigenvalue weighted by Crippen LogP contribution is 2.28. The molecule has 0 amide bonds. The summed E-state index contributed by atoms with van der Waals surface area (Å²) in [6, 6.07) is 8.30. The van der Waals surface area contributed by atoms with Crippen molar-refractivity contribution in [2.24, 2.45) is 5.84 Å². The van der Waals surface area contributed by atoms with Crippen molar-refractivity contribution in [2.75, 3.05) is 5.43 Å². The molecule has 1 heterocycles. The number of hydrazine groups is 1. The van der Waals surface area contributed by atoms with Crippen LogP contribution in [-0.2, 0) is 6.61 Å². The van der Waals surface area contributed by atoms with Gasteiger partial charge < -0.3 is 10.2 Å². The molecule has 104 valence electrons. The number of nitrogens with one attached hydrogen (secondary N) is 1. The first-order valence-electron chi connectivity index (χ1n) is 5.89. The third kappa shape index (κ3) is 3.21. The number of nitro groups is 1. The van der Waals surface area contributed by atoms with Gasteiger partial charge in [0.25, 0.3) is 0 Å². The van der Waals surface area contributed by atoms with E-state index in [1.165, 1.54) is 6.07 Å². The van der Waals surface area contributed by atoms with Gasteiger partial charge in [-0.15, -0.1) is 0 Å². The topological polar surface area (TPSA) is 103 Å². The predicted octanol–water partition coefficient (Wildman–Crippen LogP) is 2.16. The molecule has 2 rings (SSSR count). The summed E-state index contributed by atoms with van der Waals surface area (Å²) in [7, 11) is 0. The molecule has 0 aliphatic carbocycles. The minimum atomic E-state index is -0.457. The Bertz CT molecular complexity index is 631. The van der Waals surface area contributed by atoms with E-state index in [9.17, 15) is 10.1 Å². The fraction of sp³-hybridized carbons (Fsp3) is 0.154. The molecule has 0 atom stereocenters. The quantitative estimate of drug-likeness (QED) is 0.492. The van der Waals surface area contributed by atoms with E-state index < -0.39 is 4.92 Å². The molecule has 7 nitrogen and oxygen atoms in total. The van der Waals surface area contributed by atoms with Crippen molar-refractivity contribution in [2.45, 2.75) is 13.5 Å². The van der Waals surface area contributed by atoms with Crippen LogP contribution in [0.4, 0.5) is 11.5 Å². The summed E-state index contributed by atoms with van der Waals surface area (Å²) in [5.74, 6) is 6.00. The van der Waals surface area contributed by atoms with Crippen molar-refractivity contribution < 1.29 is 9.66 Å². The van der Waals surface area contributed by atoms with E-state index in [0.717, 1.165) is 11.1 Å². The molecule has 0 fully saturated rings. The Hall–Kier alpha value is -2.67. The molecule has 0 unspecified atom stereocenters. The maximum absolute atomic E-state index is 11.0. The number of rotatable bonds is 5. The number of nitrogens with two attached hydrogens (primary N) is 1. The van der Waals surface area contributed by atoms with Gasteiger partial charge in [0, 0.05) is 12.3 Å². The summed E-state index contributed by atoms with van der Waals surface area (Å²) >= 11 is 0. The molecule has 0 aliphatic rings. The molecule has 2 aromatic rings. The Kier molecular flexibility index (Phi) is 4.11. The zero-order chi connectivity index (χ0) is 14.5. The van der Waals surface area contributed by atoms with E-state index in [2.05, 4.69) is 10.4 Å². The van der Waals surface area contributed by atoms with Crippen molar-refractivity contribution in [3.8, 4) is 5.75 Å². The summed E-state index contributed by atoms with van der Waals surface area (Å²) in [5.41, 5.74) is 4.00. The Morgan fingerprint density at radius 1 is 1.40 bits per heavy atom. The molecule has 0 bridgehead atoms. The molecule has 0 saturated heterocycles. The highest BCUT2D eigenvalue weighted by atomic mass is 16.6. The molecular formula is C13H14N4O3. The maximum Gasteiger partial charge on any atom is 0.311 e. The number of ether oxygens (including phenoxy) is 1. The average molecular weight is 274 g/mol. The largest absolute Gasteiger partial charge is 0.482 e. The summed E-state index contributed by atoms with van der Waals surface area (Å²) in [5, 5.41) is 11.0. The number of nitro benzene ring substituents is 1. The van der Waals surface area contributed by atoms with E-state index in [0.29, 0.717) is 5.82 Å². The van der Waals surface area contributed by atoms with Crippen LogP contribution in [0, 0.1) is 17.0 Å².